The number of quaternary nitrogens is 1. The Morgan fingerprint density at radius 3 is 2.40 bits per heavy atom. The van der Waals surface area contributed by atoms with Crippen molar-refractivity contribution in [2.24, 2.45) is 0 Å². The third-order valence-electron chi connectivity index (χ3n) is 4.00. The number of benzene rings is 2. The molecule has 25 heavy (non-hydrogen) atoms. The van der Waals surface area contributed by atoms with Gasteiger partial charge in [-0.25, -0.2) is 4.98 Å². The van der Waals surface area contributed by atoms with Crippen molar-refractivity contribution < 1.29 is 19.8 Å². The van der Waals surface area contributed by atoms with Gasteiger partial charge in [0.15, 0.2) is 23.9 Å². The molecule has 0 saturated carbocycles. The first kappa shape index (κ1) is 17.0. The highest BCUT2D eigenvalue weighted by atomic mass is 16.5. The molecule has 2 aromatic carbocycles. The standard InChI is InChI=1S/C21H22N2O2/c1-24-21-12-18(13-23-15-19-8-5-11-22-14-19)9-10-20(21)25-16-17-6-3-2-4-7-17/h2-12,14,23H,13,15-16H2,1H3/p+2. The number of H-pyrrole nitrogens is 1. The summed E-state index contributed by atoms with van der Waals surface area (Å²) in [5.74, 6) is 1.54. The quantitative estimate of drug-likeness (QED) is 0.686. The summed E-state index contributed by atoms with van der Waals surface area (Å²) in [7, 11) is 1.68. The van der Waals surface area contributed by atoms with Crippen LogP contribution in [0.5, 0.6) is 11.5 Å². The van der Waals surface area contributed by atoms with Crippen LogP contribution in [0.25, 0.3) is 0 Å². The Labute approximate surface area is 148 Å². The van der Waals surface area contributed by atoms with E-state index in [1.165, 1.54) is 11.1 Å². The molecular weight excluding hydrogens is 312 g/mol. The predicted molar refractivity (Wildman–Crippen MR) is 96.1 cm³/mol. The molecule has 4 nitrogen and oxygen atoms in total. The average molecular weight is 336 g/mol. The van der Waals surface area contributed by atoms with Crippen LogP contribution in [0.4, 0.5) is 0 Å². The molecule has 0 atom stereocenters. The van der Waals surface area contributed by atoms with E-state index in [0.717, 1.165) is 30.2 Å². The van der Waals surface area contributed by atoms with Crippen molar-refractivity contribution in [2.45, 2.75) is 19.7 Å². The van der Waals surface area contributed by atoms with Crippen molar-refractivity contribution in [2.75, 3.05) is 7.11 Å². The summed E-state index contributed by atoms with van der Waals surface area (Å²) in [4.78, 5) is 3.11. The fourth-order valence-electron chi connectivity index (χ4n) is 2.66. The van der Waals surface area contributed by atoms with Gasteiger partial charge in [-0.2, -0.15) is 0 Å². The van der Waals surface area contributed by atoms with Crippen LogP contribution in [0.2, 0.25) is 0 Å². The Kier molecular flexibility index (Phi) is 6.01. The number of nitrogens with two attached hydrogens (primary N) is 1. The number of aromatic amines is 1. The van der Waals surface area contributed by atoms with Gasteiger partial charge in [-0.15, -0.1) is 0 Å². The van der Waals surface area contributed by atoms with Gasteiger partial charge >= 0.3 is 0 Å². The van der Waals surface area contributed by atoms with Gasteiger partial charge in [0.25, 0.3) is 0 Å². The fourth-order valence-corrected chi connectivity index (χ4v) is 2.66. The topological polar surface area (TPSA) is 49.2 Å². The van der Waals surface area contributed by atoms with Crippen LogP contribution in [0, 0.1) is 0 Å². The lowest BCUT2D eigenvalue weighted by Crippen LogP contribution is -2.80. The summed E-state index contributed by atoms with van der Waals surface area (Å²) >= 11 is 0. The summed E-state index contributed by atoms with van der Waals surface area (Å²) in [5.41, 5.74) is 3.63. The van der Waals surface area contributed by atoms with E-state index in [0.29, 0.717) is 6.61 Å². The number of pyridine rings is 1. The molecule has 1 heterocycles. The van der Waals surface area contributed by atoms with E-state index in [2.05, 4.69) is 34.6 Å². The lowest BCUT2D eigenvalue weighted by atomic mass is 10.2. The molecular formula is C21H24N2O2+2. The van der Waals surface area contributed by atoms with Crippen LogP contribution in [-0.4, -0.2) is 7.11 Å². The van der Waals surface area contributed by atoms with Crippen molar-refractivity contribution in [3.63, 3.8) is 0 Å². The molecule has 3 rings (SSSR count). The summed E-state index contributed by atoms with van der Waals surface area (Å²) in [5, 5.41) is 2.27. The van der Waals surface area contributed by atoms with E-state index in [1.54, 1.807) is 7.11 Å². The maximum Gasteiger partial charge on any atom is 0.175 e. The number of hydrogen-bond acceptors (Lipinski definition) is 2. The normalized spacial score (nSPS) is 10.4. The Morgan fingerprint density at radius 1 is 0.840 bits per heavy atom. The second-order valence-corrected chi connectivity index (χ2v) is 5.87. The van der Waals surface area contributed by atoms with E-state index in [9.17, 15) is 0 Å². The molecule has 1 aromatic heterocycles. The smallest absolute Gasteiger partial charge is 0.175 e. The highest BCUT2D eigenvalue weighted by Crippen LogP contribution is 2.28. The second kappa shape index (κ2) is 8.85. The molecule has 3 N–H and O–H groups in total. The zero-order valence-electron chi connectivity index (χ0n) is 14.4. The molecule has 128 valence electrons. The Balaban J connectivity index is 1.57. The number of aromatic nitrogens is 1. The molecule has 0 amide bonds. The number of hydrogen-bond donors (Lipinski definition) is 1. The first-order chi connectivity index (χ1) is 12.3. The first-order valence-electron chi connectivity index (χ1n) is 8.45. The van der Waals surface area contributed by atoms with Crippen molar-refractivity contribution in [1.82, 2.24) is 0 Å². The third kappa shape index (κ3) is 5.06. The van der Waals surface area contributed by atoms with Gasteiger partial charge in [-0.3, -0.25) is 0 Å². The third-order valence-corrected chi connectivity index (χ3v) is 4.00. The van der Waals surface area contributed by atoms with Crippen LogP contribution in [-0.2, 0) is 19.7 Å². The zero-order valence-corrected chi connectivity index (χ0v) is 14.4. The summed E-state index contributed by atoms with van der Waals surface area (Å²) in [6.45, 7) is 2.36. The van der Waals surface area contributed by atoms with Crippen molar-refractivity contribution in [3.8, 4) is 11.5 Å². The van der Waals surface area contributed by atoms with Crippen molar-refractivity contribution in [3.05, 3.63) is 89.7 Å². The molecule has 0 unspecified atom stereocenters. The fraction of sp³-hybridized carbons (Fsp3) is 0.190. The Morgan fingerprint density at radius 2 is 1.64 bits per heavy atom. The first-order valence-corrected chi connectivity index (χ1v) is 8.45. The lowest BCUT2D eigenvalue weighted by molar-refractivity contribution is -0.686. The van der Waals surface area contributed by atoms with E-state index in [-0.39, 0.29) is 0 Å². The number of nitrogens with one attached hydrogen (secondary N) is 1. The summed E-state index contributed by atoms with van der Waals surface area (Å²) < 4.78 is 11.4. The van der Waals surface area contributed by atoms with Crippen LogP contribution >= 0.6 is 0 Å². The highest BCUT2D eigenvalue weighted by Gasteiger charge is 2.08. The Hall–Kier alpha value is -2.85. The van der Waals surface area contributed by atoms with Crippen molar-refractivity contribution >= 4 is 0 Å². The maximum absolute atomic E-state index is 5.90. The molecule has 0 aliphatic carbocycles. The minimum absolute atomic E-state index is 0.535. The van der Waals surface area contributed by atoms with Gasteiger partial charge in [0.2, 0.25) is 0 Å². The maximum atomic E-state index is 5.90. The summed E-state index contributed by atoms with van der Waals surface area (Å²) in [6, 6.07) is 20.4. The zero-order chi connectivity index (χ0) is 17.3. The highest BCUT2D eigenvalue weighted by molar-refractivity contribution is 5.42. The minimum atomic E-state index is 0.535. The largest absolute Gasteiger partial charge is 0.493 e. The number of methoxy groups -OCH3 is 1. The SMILES string of the molecule is COc1cc(C[NH2+]Cc2ccc[nH+]c2)ccc1OCc1ccccc1. The van der Waals surface area contributed by atoms with Crippen LogP contribution in [0.1, 0.15) is 16.7 Å². The van der Waals surface area contributed by atoms with Gasteiger partial charge < -0.3 is 14.8 Å². The molecule has 0 aliphatic heterocycles. The van der Waals surface area contributed by atoms with Gasteiger partial charge in [0.1, 0.15) is 19.7 Å². The minimum Gasteiger partial charge on any atom is -0.493 e. The van der Waals surface area contributed by atoms with Gasteiger partial charge in [-0.1, -0.05) is 30.3 Å². The van der Waals surface area contributed by atoms with Crippen LogP contribution in [0.15, 0.2) is 73.1 Å². The number of ether oxygens (including phenoxy) is 2. The molecule has 0 saturated heterocycles. The molecule has 4 heteroatoms. The molecule has 0 aliphatic rings. The van der Waals surface area contributed by atoms with E-state index < -0.39 is 0 Å². The molecule has 0 spiro atoms. The van der Waals surface area contributed by atoms with E-state index in [1.807, 2.05) is 48.8 Å². The molecule has 0 fully saturated rings. The van der Waals surface area contributed by atoms with Crippen LogP contribution in [0.3, 0.4) is 0 Å². The predicted octanol–water partition coefficient (Wildman–Crippen LogP) is 2.35. The molecule has 3 aromatic rings. The van der Waals surface area contributed by atoms with Crippen LogP contribution < -0.4 is 19.8 Å². The van der Waals surface area contributed by atoms with E-state index in [4.69, 9.17) is 9.47 Å². The second-order valence-electron chi connectivity index (χ2n) is 5.87. The van der Waals surface area contributed by atoms with E-state index >= 15 is 0 Å². The molecule has 0 radical (unpaired) electrons. The van der Waals surface area contributed by atoms with Gasteiger partial charge in [-0.05, 0) is 29.8 Å². The van der Waals surface area contributed by atoms with Crippen molar-refractivity contribution in [1.29, 1.82) is 0 Å². The average Bonchev–Trinajstić information content (AvgIpc) is 2.68. The van der Waals surface area contributed by atoms with Gasteiger partial charge in [0, 0.05) is 11.6 Å². The van der Waals surface area contributed by atoms with Gasteiger partial charge in [0.05, 0.1) is 12.7 Å². The number of rotatable bonds is 8. The monoisotopic (exact) mass is 336 g/mol. The molecule has 0 bridgehead atoms. The lowest BCUT2D eigenvalue weighted by Gasteiger charge is -2.12. The summed E-state index contributed by atoms with van der Waals surface area (Å²) in [6.07, 6.45) is 3.94. The Bertz CT molecular complexity index is 776.